The van der Waals surface area contributed by atoms with E-state index in [4.69, 9.17) is 5.11 Å². The summed E-state index contributed by atoms with van der Waals surface area (Å²) in [5.74, 6) is -0.142. The third kappa shape index (κ3) is 1.99. The fraction of sp³-hybridized carbons (Fsp3) is 0.364. The van der Waals surface area contributed by atoms with Crippen molar-refractivity contribution in [2.24, 2.45) is 0 Å². The molecule has 2 aromatic rings. The summed E-state index contributed by atoms with van der Waals surface area (Å²) in [4.78, 5) is 10.8. The summed E-state index contributed by atoms with van der Waals surface area (Å²) in [5, 5.41) is 20.2. The van der Waals surface area contributed by atoms with Gasteiger partial charge in [0.1, 0.15) is 0 Å². The predicted octanol–water partition coefficient (Wildman–Crippen LogP) is 0.679. The second-order valence-electron chi connectivity index (χ2n) is 4.22. The summed E-state index contributed by atoms with van der Waals surface area (Å²) >= 11 is 0. The fourth-order valence-electron chi connectivity index (χ4n) is 1.72. The van der Waals surface area contributed by atoms with Gasteiger partial charge in [-0.1, -0.05) is 0 Å². The highest BCUT2D eigenvalue weighted by Gasteiger charge is 2.21. The largest absolute Gasteiger partial charge is 0.478 e. The maximum atomic E-state index is 10.8. The lowest BCUT2D eigenvalue weighted by molar-refractivity contribution is 0.0697. The minimum absolute atomic E-state index is 0.228. The van der Waals surface area contributed by atoms with Gasteiger partial charge in [0.2, 0.25) is 0 Å². The number of carbonyl (C=O) groups is 1. The molecule has 0 spiro atoms. The Balaban J connectivity index is 1.89. The van der Waals surface area contributed by atoms with Crippen LogP contribution in [0.4, 0.5) is 0 Å². The van der Waals surface area contributed by atoms with Crippen molar-refractivity contribution in [2.75, 3.05) is 0 Å². The van der Waals surface area contributed by atoms with Gasteiger partial charge in [0.25, 0.3) is 0 Å². The molecule has 2 aromatic heterocycles. The minimum atomic E-state index is -0.951. The first kappa shape index (κ1) is 10.2. The number of aromatic nitrogens is 3. The Hall–Kier alpha value is -1.95. The maximum Gasteiger partial charge on any atom is 0.335 e. The summed E-state index contributed by atoms with van der Waals surface area (Å²) in [5.41, 5.74) is 0.795. The topological polar surface area (TPSA) is 79.5 Å². The smallest absolute Gasteiger partial charge is 0.335 e. The molecule has 0 unspecified atom stereocenters. The Morgan fingerprint density at radius 3 is 3.06 bits per heavy atom. The maximum absolute atomic E-state index is 10.8. The molecule has 0 bridgehead atoms. The number of carboxylic acids is 1. The van der Waals surface area contributed by atoms with Gasteiger partial charge in [-0.05, 0) is 25.0 Å². The van der Waals surface area contributed by atoms with Gasteiger partial charge in [0, 0.05) is 12.2 Å². The van der Waals surface area contributed by atoms with Crippen LogP contribution in [0.25, 0.3) is 5.65 Å². The molecule has 3 rings (SSSR count). The van der Waals surface area contributed by atoms with Gasteiger partial charge in [-0.2, -0.15) is 0 Å². The second-order valence-corrected chi connectivity index (χ2v) is 4.22. The standard InChI is InChI=1S/C11H12N4O2/c16-11(17)7-3-4-15-9(5-7)13-14-10(15)6-12-8-1-2-8/h3-5,8,12H,1-2,6H2,(H,16,17). The van der Waals surface area contributed by atoms with E-state index in [-0.39, 0.29) is 5.56 Å². The van der Waals surface area contributed by atoms with Crippen molar-refractivity contribution in [1.82, 2.24) is 19.9 Å². The van der Waals surface area contributed by atoms with E-state index in [9.17, 15) is 4.79 Å². The molecule has 0 saturated heterocycles. The summed E-state index contributed by atoms with van der Waals surface area (Å²) < 4.78 is 1.81. The minimum Gasteiger partial charge on any atom is -0.478 e. The first-order chi connectivity index (χ1) is 8.24. The van der Waals surface area contributed by atoms with E-state index in [2.05, 4.69) is 15.5 Å². The van der Waals surface area contributed by atoms with E-state index >= 15 is 0 Å². The first-order valence-electron chi connectivity index (χ1n) is 5.54. The molecular weight excluding hydrogens is 220 g/mol. The first-order valence-corrected chi connectivity index (χ1v) is 5.54. The van der Waals surface area contributed by atoms with Crippen LogP contribution in [0.2, 0.25) is 0 Å². The Morgan fingerprint density at radius 2 is 2.35 bits per heavy atom. The Bertz CT molecular complexity index is 574. The molecule has 0 aromatic carbocycles. The molecule has 17 heavy (non-hydrogen) atoms. The van der Waals surface area contributed by atoms with Gasteiger partial charge in [-0.15, -0.1) is 10.2 Å². The average Bonchev–Trinajstić information content (AvgIpc) is 3.06. The van der Waals surface area contributed by atoms with E-state index in [0.717, 1.165) is 5.82 Å². The molecule has 2 heterocycles. The zero-order chi connectivity index (χ0) is 11.8. The molecule has 88 valence electrons. The van der Waals surface area contributed by atoms with E-state index in [1.54, 1.807) is 12.3 Å². The van der Waals surface area contributed by atoms with Crippen LogP contribution in [0.15, 0.2) is 18.3 Å². The number of nitrogens with zero attached hydrogens (tertiary/aromatic N) is 3. The van der Waals surface area contributed by atoms with Crippen LogP contribution in [0.3, 0.4) is 0 Å². The van der Waals surface area contributed by atoms with Crippen LogP contribution in [-0.4, -0.2) is 31.7 Å². The normalized spacial score (nSPS) is 15.3. The van der Waals surface area contributed by atoms with Crippen molar-refractivity contribution in [3.63, 3.8) is 0 Å². The molecule has 1 aliphatic carbocycles. The van der Waals surface area contributed by atoms with Crippen molar-refractivity contribution in [3.8, 4) is 0 Å². The molecular formula is C11H12N4O2. The van der Waals surface area contributed by atoms with Crippen LogP contribution in [0.1, 0.15) is 29.0 Å². The van der Waals surface area contributed by atoms with Gasteiger partial charge >= 0.3 is 5.97 Å². The van der Waals surface area contributed by atoms with Crippen LogP contribution < -0.4 is 5.32 Å². The highest BCUT2D eigenvalue weighted by molar-refractivity contribution is 5.88. The molecule has 1 aliphatic rings. The van der Waals surface area contributed by atoms with E-state index in [1.807, 2.05) is 4.40 Å². The molecule has 6 nitrogen and oxygen atoms in total. The molecule has 0 aliphatic heterocycles. The fourth-order valence-corrected chi connectivity index (χ4v) is 1.72. The molecule has 0 atom stereocenters. The predicted molar refractivity (Wildman–Crippen MR) is 59.8 cm³/mol. The number of nitrogens with one attached hydrogen (secondary N) is 1. The molecule has 6 heteroatoms. The van der Waals surface area contributed by atoms with Crippen molar-refractivity contribution in [3.05, 3.63) is 29.7 Å². The lowest BCUT2D eigenvalue weighted by Crippen LogP contribution is -2.17. The number of fused-ring (bicyclic) bond motifs is 1. The molecule has 0 amide bonds. The molecule has 1 fully saturated rings. The van der Waals surface area contributed by atoms with Crippen LogP contribution in [-0.2, 0) is 6.54 Å². The Morgan fingerprint density at radius 1 is 1.53 bits per heavy atom. The molecule has 1 saturated carbocycles. The molecule has 0 radical (unpaired) electrons. The number of hydrogen-bond acceptors (Lipinski definition) is 4. The Kier molecular flexibility index (Phi) is 2.29. The summed E-state index contributed by atoms with van der Waals surface area (Å²) in [6, 6.07) is 3.69. The number of aromatic carboxylic acids is 1. The second kappa shape index (κ2) is 3.81. The number of pyridine rings is 1. The van der Waals surface area contributed by atoms with Gasteiger partial charge in [-0.3, -0.25) is 4.40 Å². The van der Waals surface area contributed by atoms with Crippen molar-refractivity contribution in [2.45, 2.75) is 25.4 Å². The third-order valence-electron chi connectivity index (χ3n) is 2.85. The third-order valence-corrected chi connectivity index (χ3v) is 2.85. The van der Waals surface area contributed by atoms with Gasteiger partial charge < -0.3 is 10.4 Å². The van der Waals surface area contributed by atoms with E-state index in [0.29, 0.717) is 18.2 Å². The van der Waals surface area contributed by atoms with Gasteiger partial charge in [0.15, 0.2) is 11.5 Å². The zero-order valence-corrected chi connectivity index (χ0v) is 9.13. The van der Waals surface area contributed by atoms with Crippen LogP contribution in [0, 0.1) is 0 Å². The SMILES string of the molecule is O=C(O)c1ccn2c(CNC3CC3)nnc2c1. The summed E-state index contributed by atoms with van der Waals surface area (Å²) in [6.45, 7) is 0.665. The monoisotopic (exact) mass is 232 g/mol. The summed E-state index contributed by atoms with van der Waals surface area (Å²) in [7, 11) is 0. The highest BCUT2D eigenvalue weighted by Crippen LogP contribution is 2.19. The number of hydrogen-bond donors (Lipinski definition) is 2. The zero-order valence-electron chi connectivity index (χ0n) is 9.13. The van der Waals surface area contributed by atoms with Crippen molar-refractivity contribution in [1.29, 1.82) is 0 Å². The lowest BCUT2D eigenvalue weighted by atomic mass is 10.3. The summed E-state index contributed by atoms with van der Waals surface area (Å²) in [6.07, 6.45) is 4.14. The van der Waals surface area contributed by atoms with Crippen molar-refractivity contribution >= 4 is 11.6 Å². The van der Waals surface area contributed by atoms with Crippen LogP contribution in [0.5, 0.6) is 0 Å². The van der Waals surface area contributed by atoms with Gasteiger partial charge in [0.05, 0.1) is 12.1 Å². The highest BCUT2D eigenvalue weighted by atomic mass is 16.4. The molecule has 2 N–H and O–H groups in total. The van der Waals surface area contributed by atoms with Gasteiger partial charge in [-0.25, -0.2) is 4.79 Å². The van der Waals surface area contributed by atoms with E-state index < -0.39 is 5.97 Å². The average molecular weight is 232 g/mol. The Labute approximate surface area is 97.3 Å². The number of carboxylic acid groups (broad SMARTS) is 1. The quantitative estimate of drug-likeness (QED) is 0.810. The lowest BCUT2D eigenvalue weighted by Gasteiger charge is -2.01. The number of rotatable bonds is 4. The van der Waals surface area contributed by atoms with E-state index in [1.165, 1.54) is 18.9 Å². The van der Waals surface area contributed by atoms with Crippen molar-refractivity contribution < 1.29 is 9.90 Å². The van der Waals surface area contributed by atoms with Crippen LogP contribution >= 0.6 is 0 Å².